The van der Waals surface area contributed by atoms with Crippen molar-refractivity contribution in [2.24, 2.45) is 5.73 Å². The fraction of sp³-hybridized carbons (Fsp3) is 0.933. The summed E-state index contributed by atoms with van der Waals surface area (Å²) < 4.78 is 0. The van der Waals surface area contributed by atoms with Crippen molar-refractivity contribution in [3.63, 3.8) is 0 Å². The van der Waals surface area contributed by atoms with E-state index in [-0.39, 0.29) is 11.9 Å². The summed E-state index contributed by atoms with van der Waals surface area (Å²) in [4.78, 5) is 14.2. The lowest BCUT2D eigenvalue weighted by Gasteiger charge is -2.25. The average molecular weight is 256 g/mol. The van der Waals surface area contributed by atoms with E-state index in [2.05, 4.69) is 20.8 Å². The Bertz CT molecular complexity index is 197. The molecule has 1 atom stereocenters. The van der Waals surface area contributed by atoms with Crippen molar-refractivity contribution in [1.82, 2.24) is 4.90 Å². The summed E-state index contributed by atoms with van der Waals surface area (Å²) >= 11 is 0. The molecule has 0 fully saturated rings. The van der Waals surface area contributed by atoms with Crippen molar-refractivity contribution in [2.75, 3.05) is 13.1 Å². The third-order valence-corrected chi connectivity index (χ3v) is 3.29. The topological polar surface area (TPSA) is 46.3 Å². The number of nitrogens with two attached hydrogens (primary N) is 1. The standard InChI is InChI=1S/C15H32N2O/c1-4-7-9-12-17(13-10-8-5-2)15(18)14(16)11-6-3/h14H,4-13,16H2,1-3H3/t14-/m0/s1. The molecule has 1 amide bonds. The van der Waals surface area contributed by atoms with E-state index < -0.39 is 0 Å². The van der Waals surface area contributed by atoms with E-state index >= 15 is 0 Å². The van der Waals surface area contributed by atoms with Crippen molar-refractivity contribution >= 4 is 5.91 Å². The molecule has 0 aromatic carbocycles. The maximum absolute atomic E-state index is 12.2. The summed E-state index contributed by atoms with van der Waals surface area (Å²) in [7, 11) is 0. The van der Waals surface area contributed by atoms with E-state index in [0.29, 0.717) is 0 Å². The number of carbonyl (C=O) groups excluding carboxylic acids is 1. The molecule has 0 aromatic rings. The SMILES string of the molecule is CCCCCN(CCCCC)C(=O)[C@@H](N)CCC. The Morgan fingerprint density at radius 2 is 1.44 bits per heavy atom. The molecule has 0 heterocycles. The molecule has 3 heteroatoms. The van der Waals surface area contributed by atoms with Crippen LogP contribution >= 0.6 is 0 Å². The Hall–Kier alpha value is -0.570. The van der Waals surface area contributed by atoms with Crippen LogP contribution in [0.25, 0.3) is 0 Å². The summed E-state index contributed by atoms with van der Waals surface area (Å²) in [5.74, 6) is 0.157. The highest BCUT2D eigenvalue weighted by atomic mass is 16.2. The van der Waals surface area contributed by atoms with Gasteiger partial charge in [-0.1, -0.05) is 52.9 Å². The molecule has 0 aliphatic carbocycles. The van der Waals surface area contributed by atoms with Gasteiger partial charge >= 0.3 is 0 Å². The quantitative estimate of drug-likeness (QED) is 0.576. The zero-order valence-corrected chi connectivity index (χ0v) is 12.6. The lowest BCUT2D eigenvalue weighted by molar-refractivity contribution is -0.133. The van der Waals surface area contributed by atoms with Gasteiger partial charge in [0.25, 0.3) is 0 Å². The number of carbonyl (C=O) groups is 1. The van der Waals surface area contributed by atoms with Gasteiger partial charge in [-0.15, -0.1) is 0 Å². The van der Waals surface area contributed by atoms with Gasteiger partial charge < -0.3 is 10.6 Å². The Morgan fingerprint density at radius 3 is 1.83 bits per heavy atom. The predicted octanol–water partition coefficient (Wildman–Crippen LogP) is 3.32. The second-order valence-corrected chi connectivity index (χ2v) is 5.13. The lowest BCUT2D eigenvalue weighted by Crippen LogP contribution is -2.44. The van der Waals surface area contributed by atoms with Gasteiger partial charge in [0.05, 0.1) is 6.04 Å². The maximum atomic E-state index is 12.2. The van der Waals surface area contributed by atoms with Crippen LogP contribution in [0.2, 0.25) is 0 Å². The zero-order valence-electron chi connectivity index (χ0n) is 12.6. The molecular weight excluding hydrogens is 224 g/mol. The van der Waals surface area contributed by atoms with Crippen LogP contribution in [0.5, 0.6) is 0 Å². The first kappa shape index (κ1) is 17.4. The lowest BCUT2D eigenvalue weighted by atomic mass is 10.1. The van der Waals surface area contributed by atoms with E-state index in [9.17, 15) is 4.79 Å². The van der Waals surface area contributed by atoms with E-state index in [1.165, 1.54) is 25.7 Å². The molecule has 3 nitrogen and oxygen atoms in total. The van der Waals surface area contributed by atoms with Gasteiger partial charge in [-0.2, -0.15) is 0 Å². The number of hydrogen-bond acceptors (Lipinski definition) is 2. The third kappa shape index (κ3) is 7.70. The second-order valence-electron chi connectivity index (χ2n) is 5.13. The molecule has 0 aromatic heterocycles. The minimum absolute atomic E-state index is 0.157. The van der Waals surface area contributed by atoms with Crippen molar-refractivity contribution < 1.29 is 4.79 Å². The molecule has 0 aliphatic rings. The number of amides is 1. The fourth-order valence-corrected chi connectivity index (χ4v) is 2.11. The van der Waals surface area contributed by atoms with Crippen LogP contribution in [0.3, 0.4) is 0 Å². The van der Waals surface area contributed by atoms with Crippen LogP contribution in [0.15, 0.2) is 0 Å². The third-order valence-electron chi connectivity index (χ3n) is 3.29. The molecule has 0 aliphatic heterocycles. The Labute approximate surface area is 113 Å². The smallest absolute Gasteiger partial charge is 0.239 e. The Kier molecular flexibility index (Phi) is 11.2. The first-order valence-corrected chi connectivity index (χ1v) is 7.71. The van der Waals surface area contributed by atoms with Crippen LogP contribution in [-0.4, -0.2) is 29.9 Å². The molecule has 0 saturated heterocycles. The summed E-state index contributed by atoms with van der Waals surface area (Å²) in [6, 6.07) is -0.293. The van der Waals surface area contributed by atoms with Crippen LogP contribution < -0.4 is 5.73 Å². The van der Waals surface area contributed by atoms with Crippen molar-refractivity contribution in [3.8, 4) is 0 Å². The van der Waals surface area contributed by atoms with Gasteiger partial charge in [0, 0.05) is 13.1 Å². The predicted molar refractivity (Wildman–Crippen MR) is 78.5 cm³/mol. The van der Waals surface area contributed by atoms with Gasteiger partial charge in [0.2, 0.25) is 5.91 Å². The van der Waals surface area contributed by atoms with Crippen LogP contribution in [-0.2, 0) is 4.79 Å². The first-order chi connectivity index (χ1) is 8.67. The Balaban J connectivity index is 4.19. The van der Waals surface area contributed by atoms with Crippen molar-refractivity contribution in [2.45, 2.75) is 78.2 Å². The molecule has 0 rings (SSSR count). The first-order valence-electron chi connectivity index (χ1n) is 7.71. The number of unbranched alkanes of at least 4 members (excludes halogenated alkanes) is 4. The van der Waals surface area contributed by atoms with Crippen LogP contribution in [0.1, 0.15) is 72.1 Å². The molecule has 0 bridgehead atoms. The fourth-order valence-electron chi connectivity index (χ4n) is 2.11. The molecule has 0 saturated carbocycles. The second kappa shape index (κ2) is 11.5. The molecule has 108 valence electrons. The van der Waals surface area contributed by atoms with Gasteiger partial charge in [-0.3, -0.25) is 4.79 Å². The van der Waals surface area contributed by atoms with E-state index in [1.54, 1.807) is 0 Å². The van der Waals surface area contributed by atoms with Gasteiger partial charge in [0.15, 0.2) is 0 Å². The van der Waals surface area contributed by atoms with E-state index in [0.717, 1.165) is 38.8 Å². The monoisotopic (exact) mass is 256 g/mol. The van der Waals surface area contributed by atoms with E-state index in [4.69, 9.17) is 5.73 Å². The summed E-state index contributed by atoms with van der Waals surface area (Å²) in [5, 5.41) is 0. The van der Waals surface area contributed by atoms with Crippen LogP contribution in [0, 0.1) is 0 Å². The highest BCUT2D eigenvalue weighted by Crippen LogP contribution is 2.06. The number of nitrogens with zero attached hydrogens (tertiary/aromatic N) is 1. The molecular formula is C15H32N2O. The molecule has 0 radical (unpaired) electrons. The molecule has 0 spiro atoms. The maximum Gasteiger partial charge on any atom is 0.239 e. The van der Waals surface area contributed by atoms with Crippen molar-refractivity contribution in [3.05, 3.63) is 0 Å². The van der Waals surface area contributed by atoms with E-state index in [1.807, 2.05) is 4.90 Å². The minimum Gasteiger partial charge on any atom is -0.341 e. The molecule has 0 unspecified atom stereocenters. The summed E-state index contributed by atoms with van der Waals surface area (Å²) in [5.41, 5.74) is 5.95. The highest BCUT2D eigenvalue weighted by Gasteiger charge is 2.19. The highest BCUT2D eigenvalue weighted by molar-refractivity contribution is 5.81. The average Bonchev–Trinajstić information content (AvgIpc) is 2.37. The van der Waals surface area contributed by atoms with Crippen molar-refractivity contribution in [1.29, 1.82) is 0 Å². The molecule has 18 heavy (non-hydrogen) atoms. The normalized spacial score (nSPS) is 12.4. The van der Waals surface area contributed by atoms with Gasteiger partial charge in [0.1, 0.15) is 0 Å². The number of rotatable bonds is 11. The number of hydrogen-bond donors (Lipinski definition) is 1. The molecule has 2 N–H and O–H groups in total. The Morgan fingerprint density at radius 1 is 0.944 bits per heavy atom. The van der Waals surface area contributed by atoms with Gasteiger partial charge in [-0.05, 0) is 19.3 Å². The largest absolute Gasteiger partial charge is 0.341 e. The minimum atomic E-state index is -0.293. The summed E-state index contributed by atoms with van der Waals surface area (Å²) in [6.07, 6.45) is 8.76. The zero-order chi connectivity index (χ0) is 13.8. The van der Waals surface area contributed by atoms with Gasteiger partial charge in [-0.25, -0.2) is 0 Å². The van der Waals surface area contributed by atoms with Crippen LogP contribution in [0.4, 0.5) is 0 Å². The summed E-state index contributed by atoms with van der Waals surface area (Å²) in [6.45, 7) is 8.21.